The van der Waals surface area contributed by atoms with Gasteiger partial charge in [0.2, 0.25) is 0 Å². The second kappa shape index (κ2) is 7.81. The van der Waals surface area contributed by atoms with Crippen molar-refractivity contribution in [3.8, 4) is 0 Å². The van der Waals surface area contributed by atoms with E-state index in [0.717, 1.165) is 23.5 Å². The van der Waals surface area contributed by atoms with Gasteiger partial charge in [-0.1, -0.05) is 0 Å². The predicted molar refractivity (Wildman–Crippen MR) is 96.3 cm³/mol. The number of benzene rings is 1. The highest BCUT2D eigenvalue weighted by atomic mass is 16.5. The van der Waals surface area contributed by atoms with Crippen molar-refractivity contribution in [1.29, 1.82) is 0 Å². The zero-order valence-corrected chi connectivity index (χ0v) is 14.5. The van der Waals surface area contributed by atoms with Crippen LogP contribution in [0.3, 0.4) is 0 Å². The number of nitrogens with zero attached hydrogens (tertiary/aromatic N) is 3. The largest absolute Gasteiger partial charge is 0.451 e. The molecule has 1 aromatic heterocycles. The molecule has 0 saturated carbocycles. The van der Waals surface area contributed by atoms with E-state index in [4.69, 9.17) is 4.74 Å². The van der Waals surface area contributed by atoms with E-state index in [0.29, 0.717) is 5.69 Å². The van der Waals surface area contributed by atoms with Gasteiger partial charge in [0, 0.05) is 37.6 Å². The summed E-state index contributed by atoms with van der Waals surface area (Å²) >= 11 is 0. The Labute approximate surface area is 150 Å². The molecule has 0 radical (unpaired) electrons. The lowest BCUT2D eigenvalue weighted by Gasteiger charge is -2.17. The number of ether oxygens (including phenoxy) is 1. The van der Waals surface area contributed by atoms with Crippen LogP contribution in [-0.4, -0.2) is 41.4 Å². The Hall–Kier alpha value is -3.16. The summed E-state index contributed by atoms with van der Waals surface area (Å²) in [5.41, 5.74) is 1.40. The van der Waals surface area contributed by atoms with E-state index in [1.807, 2.05) is 24.3 Å². The number of hydrogen-bond acceptors (Lipinski definition) is 6. The number of amides is 1. The van der Waals surface area contributed by atoms with Crippen molar-refractivity contribution < 1.29 is 14.3 Å². The first kappa shape index (κ1) is 17.7. The molecule has 0 spiro atoms. The summed E-state index contributed by atoms with van der Waals surface area (Å²) in [6.07, 6.45) is 2.41. The van der Waals surface area contributed by atoms with Gasteiger partial charge in [-0.25, -0.2) is 9.48 Å². The topological polar surface area (TPSA) is 93.5 Å². The molecule has 1 aliphatic rings. The molecule has 8 nitrogen and oxygen atoms in total. The normalized spacial score (nSPS) is 13.5. The Morgan fingerprint density at radius 2 is 1.81 bits per heavy atom. The molecule has 2 heterocycles. The second-order valence-corrected chi connectivity index (χ2v) is 6.05. The zero-order valence-electron chi connectivity index (χ0n) is 14.5. The molecule has 0 aliphatic carbocycles. The first-order valence-corrected chi connectivity index (χ1v) is 8.39. The van der Waals surface area contributed by atoms with E-state index < -0.39 is 18.5 Å². The molecule has 8 heteroatoms. The molecule has 3 rings (SSSR count). The molecule has 136 valence electrons. The summed E-state index contributed by atoms with van der Waals surface area (Å²) in [6.45, 7) is 1.68. The summed E-state index contributed by atoms with van der Waals surface area (Å²) in [7, 11) is 1.43. The second-order valence-electron chi connectivity index (χ2n) is 6.05. The fourth-order valence-corrected chi connectivity index (χ4v) is 2.74. The van der Waals surface area contributed by atoms with Crippen LogP contribution >= 0.6 is 0 Å². The first-order chi connectivity index (χ1) is 12.5. The van der Waals surface area contributed by atoms with Gasteiger partial charge in [0.25, 0.3) is 11.5 Å². The minimum atomic E-state index is -0.764. The van der Waals surface area contributed by atoms with Gasteiger partial charge < -0.3 is 15.0 Å². The zero-order chi connectivity index (χ0) is 18.5. The van der Waals surface area contributed by atoms with Gasteiger partial charge in [-0.2, -0.15) is 5.10 Å². The Morgan fingerprint density at radius 3 is 2.46 bits per heavy atom. The van der Waals surface area contributed by atoms with Crippen LogP contribution in [0.4, 0.5) is 11.4 Å². The van der Waals surface area contributed by atoms with Crippen LogP contribution in [0.15, 0.2) is 41.2 Å². The third-order valence-electron chi connectivity index (χ3n) is 4.13. The van der Waals surface area contributed by atoms with E-state index in [2.05, 4.69) is 15.3 Å². The molecule has 2 aromatic rings. The molecule has 1 aliphatic heterocycles. The number of anilines is 2. The molecule has 1 aromatic carbocycles. The fourth-order valence-electron chi connectivity index (χ4n) is 2.74. The van der Waals surface area contributed by atoms with Crippen LogP contribution in [0, 0.1) is 0 Å². The summed E-state index contributed by atoms with van der Waals surface area (Å²) < 4.78 is 5.95. The highest BCUT2D eigenvalue weighted by Crippen LogP contribution is 2.21. The molecule has 0 bridgehead atoms. The van der Waals surface area contributed by atoms with Gasteiger partial charge in [-0.05, 0) is 43.2 Å². The number of nitrogens with one attached hydrogen (secondary N) is 1. The number of carbonyl (C=O) groups excluding carboxylic acids is 2. The molecule has 0 atom stereocenters. The smallest absolute Gasteiger partial charge is 0.359 e. The number of carbonyl (C=O) groups is 2. The van der Waals surface area contributed by atoms with Crippen LogP contribution in [0.2, 0.25) is 0 Å². The van der Waals surface area contributed by atoms with Crippen molar-refractivity contribution in [2.75, 3.05) is 29.9 Å². The van der Waals surface area contributed by atoms with E-state index in [1.165, 1.54) is 32.0 Å². The van der Waals surface area contributed by atoms with Crippen LogP contribution in [0.5, 0.6) is 0 Å². The Morgan fingerprint density at radius 1 is 1.12 bits per heavy atom. The van der Waals surface area contributed by atoms with Crippen molar-refractivity contribution >= 4 is 23.3 Å². The van der Waals surface area contributed by atoms with Gasteiger partial charge in [-0.3, -0.25) is 9.59 Å². The molecule has 1 N–H and O–H groups in total. The number of esters is 1. The third-order valence-corrected chi connectivity index (χ3v) is 4.13. The van der Waals surface area contributed by atoms with Crippen molar-refractivity contribution in [1.82, 2.24) is 9.78 Å². The molecule has 1 saturated heterocycles. The molecule has 0 unspecified atom stereocenters. The maximum atomic E-state index is 11.9. The van der Waals surface area contributed by atoms with Crippen molar-refractivity contribution in [2.24, 2.45) is 7.05 Å². The van der Waals surface area contributed by atoms with Gasteiger partial charge in [0.15, 0.2) is 12.3 Å². The number of aryl methyl sites for hydroxylation is 1. The quantitative estimate of drug-likeness (QED) is 0.809. The van der Waals surface area contributed by atoms with E-state index >= 15 is 0 Å². The molecular formula is C18H20N4O4. The maximum absolute atomic E-state index is 11.9. The highest BCUT2D eigenvalue weighted by Gasteiger charge is 2.14. The fraction of sp³-hybridized carbons (Fsp3) is 0.333. The monoisotopic (exact) mass is 356 g/mol. The van der Waals surface area contributed by atoms with Crippen LogP contribution < -0.4 is 15.8 Å². The Bertz CT molecular complexity index is 854. The molecule has 1 fully saturated rings. The van der Waals surface area contributed by atoms with E-state index in [1.54, 1.807) is 0 Å². The van der Waals surface area contributed by atoms with Crippen LogP contribution in [-0.2, 0) is 16.6 Å². The average molecular weight is 356 g/mol. The average Bonchev–Trinajstić information content (AvgIpc) is 3.17. The summed E-state index contributed by atoms with van der Waals surface area (Å²) in [4.78, 5) is 37.4. The van der Waals surface area contributed by atoms with Crippen molar-refractivity contribution in [3.05, 3.63) is 52.4 Å². The standard InChI is InChI=1S/C18H20N4O4/c1-21-17(24)9-8-15(20-21)18(25)26-12-16(23)19-13-4-6-14(7-5-13)22-10-2-3-11-22/h4-9H,2-3,10-12H2,1H3,(H,19,23). The SMILES string of the molecule is Cn1nc(C(=O)OCC(=O)Nc2ccc(N3CCCC3)cc2)ccc1=O. The number of hydrogen-bond donors (Lipinski definition) is 1. The van der Waals surface area contributed by atoms with Gasteiger partial charge >= 0.3 is 5.97 Å². The lowest BCUT2D eigenvalue weighted by molar-refractivity contribution is -0.119. The van der Waals surface area contributed by atoms with Crippen molar-refractivity contribution in [3.63, 3.8) is 0 Å². The van der Waals surface area contributed by atoms with Crippen molar-refractivity contribution in [2.45, 2.75) is 12.8 Å². The lowest BCUT2D eigenvalue weighted by atomic mass is 10.2. The molecular weight excluding hydrogens is 336 g/mol. The highest BCUT2D eigenvalue weighted by molar-refractivity contribution is 5.94. The van der Waals surface area contributed by atoms with Gasteiger partial charge in [-0.15, -0.1) is 0 Å². The lowest BCUT2D eigenvalue weighted by Crippen LogP contribution is -2.24. The van der Waals surface area contributed by atoms with Crippen LogP contribution in [0.1, 0.15) is 23.3 Å². The van der Waals surface area contributed by atoms with E-state index in [9.17, 15) is 14.4 Å². The van der Waals surface area contributed by atoms with E-state index in [-0.39, 0.29) is 11.3 Å². The summed E-state index contributed by atoms with van der Waals surface area (Å²) in [6, 6.07) is 10.0. The summed E-state index contributed by atoms with van der Waals surface area (Å²) in [5, 5.41) is 6.45. The van der Waals surface area contributed by atoms with Gasteiger partial charge in [0.05, 0.1) is 0 Å². The Kier molecular flexibility index (Phi) is 5.31. The van der Waals surface area contributed by atoms with Crippen LogP contribution in [0.25, 0.3) is 0 Å². The maximum Gasteiger partial charge on any atom is 0.359 e. The molecule has 26 heavy (non-hydrogen) atoms. The van der Waals surface area contributed by atoms with Gasteiger partial charge in [0.1, 0.15) is 0 Å². The third kappa shape index (κ3) is 4.27. The summed E-state index contributed by atoms with van der Waals surface area (Å²) in [5.74, 6) is -1.21. The Balaban J connectivity index is 1.51. The molecule has 1 amide bonds. The first-order valence-electron chi connectivity index (χ1n) is 8.39. The number of rotatable bonds is 5. The predicted octanol–water partition coefficient (Wildman–Crippen LogP) is 1.18. The minimum absolute atomic E-state index is 0.0325. The number of aromatic nitrogens is 2. The minimum Gasteiger partial charge on any atom is -0.451 e.